The van der Waals surface area contributed by atoms with Crippen molar-refractivity contribution >= 4 is 40.6 Å². The Kier molecular flexibility index (Phi) is 19.0. The summed E-state index contributed by atoms with van der Waals surface area (Å²) in [5.74, 6) is -0.109. The number of benzene rings is 1. The maximum Gasteiger partial charge on any atom is 0.410 e. The number of carbonyl (C=O) groups is 3. The molecule has 0 saturated carbocycles. The van der Waals surface area contributed by atoms with Gasteiger partial charge in [-0.2, -0.15) is 8.78 Å². The van der Waals surface area contributed by atoms with E-state index in [1.54, 1.807) is 46.1 Å². The molecule has 2 amide bonds. The van der Waals surface area contributed by atoms with Crippen LogP contribution in [0.1, 0.15) is 34.6 Å². The fourth-order valence-electron chi connectivity index (χ4n) is 2.21. The fraction of sp³-hybridized carbons (Fsp3) is 0.423. The Balaban J connectivity index is 0.000000721. The van der Waals surface area contributed by atoms with E-state index in [9.17, 15) is 23.2 Å². The molecule has 2 rings (SSSR count). The lowest BCUT2D eigenvalue weighted by molar-refractivity contribution is -0.126. The van der Waals surface area contributed by atoms with E-state index in [-0.39, 0.29) is 30.8 Å². The number of aliphatic imine (C=N–C) groups is 1. The van der Waals surface area contributed by atoms with Crippen molar-refractivity contribution in [2.45, 2.75) is 46.8 Å². The number of amides is 2. The minimum atomic E-state index is -2.80. The lowest BCUT2D eigenvalue weighted by Gasteiger charge is -2.19. The number of rotatable bonds is 11. The summed E-state index contributed by atoms with van der Waals surface area (Å²) in [7, 11) is 1.68. The topological polar surface area (TPSA) is 142 Å². The van der Waals surface area contributed by atoms with Crippen LogP contribution in [0.2, 0.25) is 0 Å². The van der Waals surface area contributed by atoms with Crippen LogP contribution >= 0.6 is 15.9 Å². The highest BCUT2D eigenvalue weighted by Crippen LogP contribution is 2.21. The number of nitrogens with zero attached hydrogens (tertiary/aromatic N) is 3. The van der Waals surface area contributed by atoms with Gasteiger partial charge < -0.3 is 28.3 Å². The standard InChI is InChI=1S/C13H20BrN3O5.C10H7F2NO2.C3H8O/c1-10(19)17(5-6-18)8-15-11(7-14)21-9-16-12(20)22-13(2,3)4;11-10(12)15-8-3-1-7(2-4-8)9-5-6-14-13-9;1-3-4-2/h6-8H,5,9H2,1-4H3,(H,16,20);1-6,10H;3H2,1-2H3/b11-7?,15-8-;;. The average molecular weight is 649 g/mol. The molecule has 1 aromatic heterocycles. The number of nitrogens with one attached hydrogen (secondary N) is 1. The second kappa shape index (κ2) is 21.0. The third-order valence-electron chi connectivity index (χ3n) is 4.03. The number of alkyl carbamates (subject to hydrolysis) is 1. The number of aromatic nitrogens is 1. The Hall–Kier alpha value is -3.85. The van der Waals surface area contributed by atoms with Crippen molar-refractivity contribution in [1.29, 1.82) is 0 Å². The van der Waals surface area contributed by atoms with Crippen molar-refractivity contribution in [2.24, 2.45) is 4.99 Å². The van der Waals surface area contributed by atoms with E-state index in [4.69, 9.17) is 9.47 Å². The molecular formula is C26H35BrF2N4O8. The van der Waals surface area contributed by atoms with Crippen LogP contribution in [0, 0.1) is 0 Å². The Morgan fingerprint density at radius 1 is 1.22 bits per heavy atom. The minimum absolute atomic E-state index is 0.105. The lowest BCUT2D eigenvalue weighted by atomic mass is 10.1. The third-order valence-corrected chi connectivity index (χ3v) is 4.42. The van der Waals surface area contributed by atoms with Gasteiger partial charge in [0.05, 0.1) is 6.54 Å². The van der Waals surface area contributed by atoms with Gasteiger partial charge in [-0.1, -0.05) is 21.1 Å². The van der Waals surface area contributed by atoms with E-state index in [2.05, 4.69) is 45.4 Å². The van der Waals surface area contributed by atoms with Crippen LogP contribution in [0.3, 0.4) is 0 Å². The van der Waals surface area contributed by atoms with Gasteiger partial charge in [-0.05, 0) is 52.0 Å². The molecule has 0 bridgehead atoms. The summed E-state index contributed by atoms with van der Waals surface area (Å²) in [4.78, 5) is 39.4. The van der Waals surface area contributed by atoms with Crippen LogP contribution in [0.4, 0.5) is 13.6 Å². The summed E-state index contributed by atoms with van der Waals surface area (Å²) in [6, 6.07) is 7.86. The molecule has 0 saturated heterocycles. The summed E-state index contributed by atoms with van der Waals surface area (Å²) >= 11 is 3.04. The van der Waals surface area contributed by atoms with E-state index in [1.165, 1.54) is 30.3 Å². The molecule has 0 atom stereocenters. The van der Waals surface area contributed by atoms with Gasteiger partial charge >= 0.3 is 12.7 Å². The highest BCUT2D eigenvalue weighted by Gasteiger charge is 2.15. The Morgan fingerprint density at radius 2 is 1.85 bits per heavy atom. The van der Waals surface area contributed by atoms with Crippen molar-refractivity contribution in [3.63, 3.8) is 0 Å². The number of aldehydes is 1. The predicted molar refractivity (Wildman–Crippen MR) is 150 cm³/mol. The first-order valence-electron chi connectivity index (χ1n) is 12.0. The molecule has 0 radical (unpaired) electrons. The molecule has 0 aliphatic carbocycles. The summed E-state index contributed by atoms with van der Waals surface area (Å²) in [6.07, 6.45) is 2.56. The molecule has 228 valence electrons. The highest BCUT2D eigenvalue weighted by molar-refractivity contribution is 9.11. The van der Waals surface area contributed by atoms with E-state index in [0.717, 1.165) is 23.4 Å². The highest BCUT2D eigenvalue weighted by atomic mass is 79.9. The van der Waals surface area contributed by atoms with Gasteiger partial charge in [0.15, 0.2) is 6.73 Å². The van der Waals surface area contributed by atoms with Crippen molar-refractivity contribution in [2.75, 3.05) is 27.0 Å². The minimum Gasteiger partial charge on any atom is -0.456 e. The normalized spacial score (nSPS) is 11.0. The van der Waals surface area contributed by atoms with E-state index in [0.29, 0.717) is 12.0 Å². The molecule has 0 spiro atoms. The summed E-state index contributed by atoms with van der Waals surface area (Å²) in [5, 5.41) is 6.10. The van der Waals surface area contributed by atoms with Crippen LogP contribution in [-0.2, 0) is 23.8 Å². The molecule has 0 aliphatic heterocycles. The quantitative estimate of drug-likeness (QED) is 0.112. The van der Waals surface area contributed by atoms with Gasteiger partial charge in [-0.3, -0.25) is 15.0 Å². The van der Waals surface area contributed by atoms with Crippen LogP contribution in [0.25, 0.3) is 11.3 Å². The predicted octanol–water partition coefficient (Wildman–Crippen LogP) is 5.35. The number of halogens is 3. The van der Waals surface area contributed by atoms with Crippen molar-refractivity contribution in [1.82, 2.24) is 15.4 Å². The maximum absolute atomic E-state index is 11.8. The lowest BCUT2D eigenvalue weighted by Crippen LogP contribution is -2.33. The number of alkyl halides is 2. The first kappa shape index (κ1) is 37.1. The van der Waals surface area contributed by atoms with Gasteiger partial charge in [0, 0.05) is 37.3 Å². The maximum atomic E-state index is 11.8. The molecule has 0 fully saturated rings. The summed E-state index contributed by atoms with van der Waals surface area (Å²) in [6.45, 7) is 6.23. The smallest absolute Gasteiger partial charge is 0.410 e. The largest absolute Gasteiger partial charge is 0.456 e. The molecule has 41 heavy (non-hydrogen) atoms. The van der Waals surface area contributed by atoms with Crippen LogP contribution in [0.15, 0.2) is 57.0 Å². The van der Waals surface area contributed by atoms with Gasteiger partial charge in [0.2, 0.25) is 11.8 Å². The number of hydrogen-bond donors (Lipinski definition) is 1. The summed E-state index contributed by atoms with van der Waals surface area (Å²) < 4.78 is 47.3. The van der Waals surface area contributed by atoms with E-state index >= 15 is 0 Å². The Labute approximate surface area is 245 Å². The van der Waals surface area contributed by atoms with Crippen molar-refractivity contribution < 1.29 is 46.6 Å². The molecular weight excluding hydrogens is 614 g/mol. The zero-order chi connectivity index (χ0) is 31.3. The van der Waals surface area contributed by atoms with Gasteiger partial charge in [0.1, 0.15) is 35.9 Å². The van der Waals surface area contributed by atoms with E-state index in [1.807, 2.05) is 6.92 Å². The number of hydrogen-bond acceptors (Lipinski definition) is 10. The first-order valence-corrected chi connectivity index (χ1v) is 12.9. The Morgan fingerprint density at radius 3 is 2.29 bits per heavy atom. The monoisotopic (exact) mass is 648 g/mol. The fourth-order valence-corrected chi connectivity index (χ4v) is 2.46. The molecule has 2 aromatic rings. The van der Waals surface area contributed by atoms with Crippen molar-refractivity contribution in [3.8, 4) is 17.0 Å². The van der Waals surface area contributed by atoms with Crippen LogP contribution in [0.5, 0.6) is 5.75 Å². The number of ether oxygens (including phenoxy) is 4. The van der Waals surface area contributed by atoms with Crippen molar-refractivity contribution in [3.05, 3.63) is 47.5 Å². The number of carbonyl (C=O) groups excluding carboxylic acids is 3. The molecule has 15 heteroatoms. The molecule has 0 aliphatic rings. The first-order chi connectivity index (χ1) is 19.4. The zero-order valence-electron chi connectivity index (χ0n) is 23.6. The van der Waals surface area contributed by atoms with Gasteiger partial charge in [-0.15, -0.1) is 0 Å². The molecule has 0 unspecified atom stereocenters. The second-order valence-electron chi connectivity index (χ2n) is 8.36. The molecule has 1 heterocycles. The second-order valence-corrected chi connectivity index (χ2v) is 8.82. The average Bonchev–Trinajstić information content (AvgIpc) is 3.44. The number of methoxy groups -OCH3 is 1. The van der Waals surface area contributed by atoms with Gasteiger partial charge in [0.25, 0.3) is 0 Å². The van der Waals surface area contributed by atoms with Crippen LogP contribution < -0.4 is 10.1 Å². The molecule has 12 nitrogen and oxygen atoms in total. The van der Waals surface area contributed by atoms with Gasteiger partial charge in [-0.25, -0.2) is 9.79 Å². The third kappa shape index (κ3) is 19.0. The molecule has 1 N–H and O–H groups in total. The summed E-state index contributed by atoms with van der Waals surface area (Å²) in [5.41, 5.74) is 0.830. The van der Waals surface area contributed by atoms with Crippen LogP contribution in [-0.4, -0.2) is 73.9 Å². The SMILES string of the molecule is CC(=O)N(/C=N\C(=CBr)OCNC(=O)OC(C)(C)C)CC=O.CCOC.FC(F)Oc1ccc(-c2ccon2)cc1. The Bertz CT molecular complexity index is 1070. The molecule has 1 aromatic carbocycles. The van der Waals surface area contributed by atoms with E-state index < -0.39 is 18.3 Å². The zero-order valence-corrected chi connectivity index (χ0v) is 25.2.